The molecule has 5 nitrogen and oxygen atoms in total. The molecule has 15 heavy (non-hydrogen) atoms. The van der Waals surface area contributed by atoms with Gasteiger partial charge in [-0.25, -0.2) is 0 Å². The van der Waals surface area contributed by atoms with Gasteiger partial charge in [0.05, 0.1) is 12.6 Å². The van der Waals surface area contributed by atoms with E-state index in [2.05, 4.69) is 0 Å². The van der Waals surface area contributed by atoms with Crippen molar-refractivity contribution in [2.24, 2.45) is 0 Å². The molecule has 2 heterocycles. The summed E-state index contributed by atoms with van der Waals surface area (Å²) in [5.41, 5.74) is 0. The zero-order valence-corrected chi connectivity index (χ0v) is 8.69. The highest BCUT2D eigenvalue weighted by atomic mass is 16.3. The van der Waals surface area contributed by atoms with Crippen molar-refractivity contribution >= 4 is 11.8 Å². The summed E-state index contributed by atoms with van der Waals surface area (Å²) in [5, 5.41) is 9.30. The summed E-state index contributed by atoms with van der Waals surface area (Å²) < 4.78 is 0. The fraction of sp³-hybridized carbons (Fsp3) is 0.800. The molecule has 1 N–H and O–H groups in total. The number of nitrogens with zero attached hydrogens (tertiary/aromatic N) is 2. The van der Waals surface area contributed by atoms with E-state index in [-0.39, 0.29) is 24.5 Å². The Kier molecular flexibility index (Phi) is 3.02. The van der Waals surface area contributed by atoms with Gasteiger partial charge >= 0.3 is 0 Å². The summed E-state index contributed by atoms with van der Waals surface area (Å²) >= 11 is 0. The van der Waals surface area contributed by atoms with E-state index in [1.54, 1.807) is 0 Å². The van der Waals surface area contributed by atoms with E-state index < -0.39 is 0 Å². The lowest BCUT2D eigenvalue weighted by Gasteiger charge is -2.18. The van der Waals surface area contributed by atoms with Crippen LogP contribution in [0, 0.1) is 0 Å². The van der Waals surface area contributed by atoms with E-state index in [1.165, 1.54) is 4.90 Å². The van der Waals surface area contributed by atoms with Crippen LogP contribution in [0.4, 0.5) is 0 Å². The van der Waals surface area contributed by atoms with Crippen molar-refractivity contribution in [3.63, 3.8) is 0 Å². The Labute approximate surface area is 88.6 Å². The highest BCUT2D eigenvalue weighted by Crippen LogP contribution is 2.12. The molecule has 2 fully saturated rings. The van der Waals surface area contributed by atoms with Crippen molar-refractivity contribution in [2.75, 3.05) is 26.2 Å². The number of aliphatic hydroxyl groups is 1. The largest absolute Gasteiger partial charge is 0.392 e. The third-order valence-electron chi connectivity index (χ3n) is 2.98. The number of hydrogen-bond donors (Lipinski definition) is 1. The van der Waals surface area contributed by atoms with Crippen LogP contribution in [0.5, 0.6) is 0 Å². The number of carbonyl (C=O) groups excluding carboxylic acids is 2. The van der Waals surface area contributed by atoms with Crippen LogP contribution in [0.2, 0.25) is 0 Å². The molecule has 0 spiro atoms. The van der Waals surface area contributed by atoms with E-state index in [4.69, 9.17) is 0 Å². The van der Waals surface area contributed by atoms with Crippen molar-refractivity contribution in [2.45, 2.75) is 25.4 Å². The Morgan fingerprint density at radius 1 is 1.47 bits per heavy atom. The molecule has 0 aromatic rings. The molecule has 0 bridgehead atoms. The predicted octanol–water partition coefficient (Wildman–Crippen LogP) is -0.798. The topological polar surface area (TPSA) is 60.9 Å². The first-order valence-corrected chi connectivity index (χ1v) is 5.40. The van der Waals surface area contributed by atoms with E-state index in [1.807, 2.05) is 4.90 Å². The lowest BCUT2D eigenvalue weighted by atomic mass is 10.3. The Hall–Kier alpha value is -0.940. The van der Waals surface area contributed by atoms with Gasteiger partial charge in [0.1, 0.15) is 0 Å². The fourth-order valence-electron chi connectivity index (χ4n) is 2.14. The number of β-amino-alcohol motifs (C(OH)–C–C–N with tert-alkyl or cyclic N) is 1. The fourth-order valence-corrected chi connectivity index (χ4v) is 2.14. The van der Waals surface area contributed by atoms with Gasteiger partial charge in [0.25, 0.3) is 0 Å². The number of carbonyl (C=O) groups is 2. The lowest BCUT2D eigenvalue weighted by Crippen LogP contribution is -2.40. The van der Waals surface area contributed by atoms with Gasteiger partial charge < -0.3 is 5.11 Å². The normalized spacial score (nSPS) is 27.7. The molecule has 2 aliphatic rings. The minimum atomic E-state index is -0.313. The molecular weight excluding hydrogens is 196 g/mol. The highest BCUT2D eigenvalue weighted by molar-refractivity contribution is 5.97. The van der Waals surface area contributed by atoms with Crippen molar-refractivity contribution in [1.29, 1.82) is 0 Å². The quantitative estimate of drug-likeness (QED) is 0.651. The summed E-state index contributed by atoms with van der Waals surface area (Å²) in [6, 6.07) is 0. The van der Waals surface area contributed by atoms with Crippen molar-refractivity contribution in [3.05, 3.63) is 0 Å². The molecule has 2 aliphatic heterocycles. The number of amides is 2. The molecule has 0 saturated carbocycles. The highest BCUT2D eigenvalue weighted by Gasteiger charge is 2.29. The van der Waals surface area contributed by atoms with Gasteiger partial charge in [-0.1, -0.05) is 0 Å². The van der Waals surface area contributed by atoms with Gasteiger partial charge in [-0.2, -0.15) is 0 Å². The average molecular weight is 212 g/mol. The monoisotopic (exact) mass is 212 g/mol. The first-order chi connectivity index (χ1) is 7.16. The summed E-state index contributed by atoms with van der Waals surface area (Å²) in [6.07, 6.45) is 1.69. The third kappa shape index (κ3) is 2.35. The van der Waals surface area contributed by atoms with Gasteiger partial charge in [-0.05, 0) is 12.8 Å². The third-order valence-corrected chi connectivity index (χ3v) is 2.98. The Balaban J connectivity index is 1.84. The van der Waals surface area contributed by atoms with Crippen LogP contribution < -0.4 is 0 Å². The van der Waals surface area contributed by atoms with Gasteiger partial charge in [-0.3, -0.25) is 19.4 Å². The van der Waals surface area contributed by atoms with Crippen LogP contribution >= 0.6 is 0 Å². The van der Waals surface area contributed by atoms with Gasteiger partial charge in [-0.15, -0.1) is 0 Å². The number of likely N-dealkylation sites (tertiary alicyclic amines) is 2. The molecule has 0 aliphatic carbocycles. The molecule has 0 aromatic heterocycles. The predicted molar refractivity (Wildman–Crippen MR) is 53.0 cm³/mol. The zero-order valence-electron chi connectivity index (χ0n) is 8.69. The number of hydrogen-bond acceptors (Lipinski definition) is 4. The molecule has 0 radical (unpaired) electrons. The van der Waals surface area contributed by atoms with Crippen LogP contribution in [0.15, 0.2) is 0 Å². The Morgan fingerprint density at radius 3 is 2.80 bits per heavy atom. The van der Waals surface area contributed by atoms with Crippen LogP contribution in [0.25, 0.3) is 0 Å². The molecule has 2 amide bonds. The van der Waals surface area contributed by atoms with Gasteiger partial charge in [0.15, 0.2) is 0 Å². The molecule has 2 rings (SSSR count). The van der Waals surface area contributed by atoms with Crippen LogP contribution in [0.3, 0.4) is 0 Å². The molecule has 5 heteroatoms. The SMILES string of the molecule is O=C1CCCN1C(=O)CN1CC[C@@H](O)C1. The number of aliphatic hydroxyl groups excluding tert-OH is 1. The number of imide groups is 1. The first-order valence-electron chi connectivity index (χ1n) is 5.40. The van der Waals surface area contributed by atoms with Gasteiger partial charge in [0, 0.05) is 26.1 Å². The number of rotatable bonds is 2. The summed E-state index contributed by atoms with van der Waals surface area (Å²) in [4.78, 5) is 26.2. The second-order valence-corrected chi connectivity index (χ2v) is 4.22. The van der Waals surface area contributed by atoms with Crippen molar-refractivity contribution in [3.8, 4) is 0 Å². The molecule has 1 atom stereocenters. The second-order valence-electron chi connectivity index (χ2n) is 4.22. The van der Waals surface area contributed by atoms with Crippen LogP contribution in [-0.2, 0) is 9.59 Å². The van der Waals surface area contributed by atoms with E-state index in [0.717, 1.165) is 19.4 Å². The molecule has 84 valence electrons. The van der Waals surface area contributed by atoms with Crippen LogP contribution in [0.1, 0.15) is 19.3 Å². The molecule has 0 aromatic carbocycles. The Bertz CT molecular complexity index is 280. The maximum atomic E-state index is 11.7. The minimum absolute atomic E-state index is 0.0558. The van der Waals surface area contributed by atoms with Crippen molar-refractivity contribution in [1.82, 2.24) is 9.80 Å². The minimum Gasteiger partial charge on any atom is -0.392 e. The van der Waals surface area contributed by atoms with Crippen molar-refractivity contribution < 1.29 is 14.7 Å². The second kappa shape index (κ2) is 4.28. The lowest BCUT2D eigenvalue weighted by molar-refractivity contribution is -0.142. The standard InChI is InChI=1S/C10H16N2O3/c13-8-3-5-11(6-8)7-10(15)12-4-1-2-9(12)14/h8,13H,1-7H2/t8-/m1/s1. The maximum absolute atomic E-state index is 11.7. The average Bonchev–Trinajstić information content (AvgIpc) is 2.75. The maximum Gasteiger partial charge on any atom is 0.243 e. The van der Waals surface area contributed by atoms with Gasteiger partial charge in [0.2, 0.25) is 11.8 Å². The molecule has 0 unspecified atom stereocenters. The summed E-state index contributed by atoms with van der Waals surface area (Å²) in [5.74, 6) is -0.175. The first kappa shape index (κ1) is 10.6. The van der Waals surface area contributed by atoms with E-state index in [9.17, 15) is 14.7 Å². The zero-order chi connectivity index (χ0) is 10.8. The summed E-state index contributed by atoms with van der Waals surface area (Å²) in [7, 11) is 0. The van der Waals surface area contributed by atoms with E-state index in [0.29, 0.717) is 19.5 Å². The summed E-state index contributed by atoms with van der Waals surface area (Å²) in [6.45, 7) is 2.12. The van der Waals surface area contributed by atoms with E-state index >= 15 is 0 Å². The smallest absolute Gasteiger partial charge is 0.243 e. The molecular formula is C10H16N2O3. The molecule has 2 saturated heterocycles. The van der Waals surface area contributed by atoms with Crippen LogP contribution in [-0.4, -0.2) is 59.0 Å². The Morgan fingerprint density at radius 2 is 2.27 bits per heavy atom.